The fourth-order valence-corrected chi connectivity index (χ4v) is 4.28. The van der Waals surface area contributed by atoms with Gasteiger partial charge in [-0.2, -0.15) is 5.10 Å². The maximum absolute atomic E-state index is 12.6. The molecular weight excluding hydrogens is 460 g/mol. The summed E-state index contributed by atoms with van der Waals surface area (Å²) in [4.78, 5) is 30.1. The molecule has 0 bridgehead atoms. The van der Waals surface area contributed by atoms with Crippen molar-refractivity contribution < 1.29 is 24.2 Å². The van der Waals surface area contributed by atoms with E-state index in [9.17, 15) is 14.7 Å². The van der Waals surface area contributed by atoms with Crippen molar-refractivity contribution >= 4 is 29.2 Å². The number of hydrogen-bond acceptors (Lipinski definition) is 6. The van der Waals surface area contributed by atoms with E-state index in [1.807, 2.05) is 27.7 Å². The summed E-state index contributed by atoms with van der Waals surface area (Å²) in [7, 11) is 0. The van der Waals surface area contributed by atoms with Gasteiger partial charge >= 0.3 is 12.1 Å². The molecule has 4 rings (SSSR count). The Morgan fingerprint density at radius 1 is 1.24 bits per heavy atom. The Labute approximate surface area is 202 Å². The van der Waals surface area contributed by atoms with Crippen LogP contribution in [0.2, 0.25) is 5.02 Å². The molecule has 1 unspecified atom stereocenters. The Kier molecular flexibility index (Phi) is 6.40. The molecule has 9 nitrogen and oxygen atoms in total. The number of carboxylic acid groups (broad SMARTS) is 1. The molecule has 1 aliphatic heterocycles. The molecule has 180 valence electrons. The first-order valence-electron chi connectivity index (χ1n) is 11.0. The number of hydrogen-bond donors (Lipinski definition) is 1. The summed E-state index contributed by atoms with van der Waals surface area (Å²) in [6, 6.07) is 5.06. The molecule has 1 atom stereocenters. The summed E-state index contributed by atoms with van der Waals surface area (Å²) in [5.41, 5.74) is 1.98. The number of fused-ring (bicyclic) bond motifs is 1. The Balaban J connectivity index is 1.68. The number of carbonyl (C=O) groups is 2. The molecule has 34 heavy (non-hydrogen) atoms. The van der Waals surface area contributed by atoms with Crippen molar-refractivity contribution in [2.45, 2.75) is 52.2 Å². The van der Waals surface area contributed by atoms with Crippen molar-refractivity contribution in [1.29, 1.82) is 0 Å². The van der Waals surface area contributed by atoms with Crippen molar-refractivity contribution in [2.24, 2.45) is 0 Å². The van der Waals surface area contributed by atoms with E-state index in [4.69, 9.17) is 21.1 Å². The molecule has 1 saturated heterocycles. The first-order chi connectivity index (χ1) is 16.0. The minimum Gasteiger partial charge on any atom is -0.488 e. The van der Waals surface area contributed by atoms with Crippen LogP contribution >= 0.6 is 11.6 Å². The van der Waals surface area contributed by atoms with Crippen LogP contribution in [0.1, 0.15) is 49.5 Å². The number of amides is 1. The predicted molar refractivity (Wildman–Crippen MR) is 127 cm³/mol. The number of aryl methyl sites for hydroxylation is 1. The van der Waals surface area contributed by atoms with Crippen LogP contribution in [-0.2, 0) is 4.74 Å². The van der Waals surface area contributed by atoms with Gasteiger partial charge < -0.3 is 19.5 Å². The van der Waals surface area contributed by atoms with Crippen molar-refractivity contribution in [1.82, 2.24) is 19.5 Å². The SMILES string of the molecule is Cc1cc(Cl)cc(-c2ncnn3cc(C(=O)O)cc23)c1OC1CCCN(C(=O)OC(C)(C)C)C1. The van der Waals surface area contributed by atoms with Crippen LogP contribution in [0.15, 0.2) is 30.7 Å². The Morgan fingerprint density at radius 2 is 2.00 bits per heavy atom. The van der Waals surface area contributed by atoms with E-state index in [-0.39, 0.29) is 17.8 Å². The van der Waals surface area contributed by atoms with Gasteiger partial charge in [0, 0.05) is 23.3 Å². The molecule has 1 aromatic carbocycles. The predicted octanol–water partition coefficient (Wildman–Crippen LogP) is 4.83. The molecule has 3 heterocycles. The zero-order chi connectivity index (χ0) is 24.6. The third kappa shape index (κ3) is 5.09. The smallest absolute Gasteiger partial charge is 0.410 e. The highest BCUT2D eigenvalue weighted by molar-refractivity contribution is 6.31. The van der Waals surface area contributed by atoms with E-state index in [0.29, 0.717) is 40.6 Å². The standard InChI is InChI=1S/C24H27ClN4O5/c1-14-8-16(25)10-18(20-19-9-15(22(30)31)11-29(19)27-13-26-20)21(14)33-17-6-5-7-28(12-17)23(32)34-24(2,3)4/h8-11,13,17H,5-7,12H2,1-4H3,(H,30,31). The quantitative estimate of drug-likeness (QED) is 0.562. The second-order valence-electron chi connectivity index (χ2n) is 9.38. The largest absolute Gasteiger partial charge is 0.488 e. The van der Waals surface area contributed by atoms with Gasteiger partial charge in [-0.05, 0) is 64.3 Å². The molecule has 1 fully saturated rings. The van der Waals surface area contributed by atoms with Crippen LogP contribution in [0.25, 0.3) is 16.8 Å². The monoisotopic (exact) mass is 486 g/mol. The molecule has 3 aromatic rings. The van der Waals surface area contributed by atoms with E-state index in [2.05, 4.69) is 10.1 Å². The van der Waals surface area contributed by atoms with Crippen LogP contribution < -0.4 is 4.74 Å². The van der Waals surface area contributed by atoms with Gasteiger partial charge in [-0.3, -0.25) is 0 Å². The Hall–Kier alpha value is -3.33. The summed E-state index contributed by atoms with van der Waals surface area (Å²) in [6.45, 7) is 8.40. The average Bonchev–Trinajstić information content (AvgIpc) is 3.19. The number of aromatic nitrogens is 3. The first-order valence-corrected chi connectivity index (χ1v) is 11.4. The normalized spacial score (nSPS) is 16.5. The second kappa shape index (κ2) is 9.13. The number of rotatable bonds is 4. The van der Waals surface area contributed by atoms with Gasteiger partial charge in [-0.25, -0.2) is 19.1 Å². The lowest BCUT2D eigenvalue weighted by molar-refractivity contribution is 0.00775. The van der Waals surface area contributed by atoms with Gasteiger partial charge in [0.1, 0.15) is 29.5 Å². The van der Waals surface area contributed by atoms with Crippen molar-refractivity contribution in [2.75, 3.05) is 13.1 Å². The molecular formula is C24H27ClN4O5. The summed E-state index contributed by atoms with van der Waals surface area (Å²) in [5.74, 6) is -0.473. The second-order valence-corrected chi connectivity index (χ2v) is 9.82. The van der Waals surface area contributed by atoms with Crippen molar-refractivity contribution in [3.8, 4) is 17.0 Å². The molecule has 1 amide bonds. The number of carboxylic acids is 1. The highest BCUT2D eigenvalue weighted by Gasteiger charge is 2.30. The van der Waals surface area contributed by atoms with E-state index in [0.717, 1.165) is 18.4 Å². The Bertz CT molecular complexity index is 1250. The molecule has 0 aliphatic carbocycles. The van der Waals surface area contributed by atoms with Gasteiger partial charge in [-0.15, -0.1) is 0 Å². The van der Waals surface area contributed by atoms with Crippen LogP contribution in [0.3, 0.4) is 0 Å². The van der Waals surface area contributed by atoms with E-state index >= 15 is 0 Å². The number of halogens is 1. The number of carbonyl (C=O) groups excluding carboxylic acids is 1. The number of benzene rings is 1. The van der Waals surface area contributed by atoms with Crippen LogP contribution in [0, 0.1) is 6.92 Å². The summed E-state index contributed by atoms with van der Waals surface area (Å²) in [5, 5.41) is 14.0. The van der Waals surface area contributed by atoms with Gasteiger partial charge in [0.2, 0.25) is 0 Å². The Morgan fingerprint density at radius 3 is 2.71 bits per heavy atom. The molecule has 0 radical (unpaired) electrons. The maximum Gasteiger partial charge on any atom is 0.410 e. The number of aromatic carboxylic acids is 1. The fourth-order valence-electron chi connectivity index (χ4n) is 4.01. The van der Waals surface area contributed by atoms with Gasteiger partial charge in [-0.1, -0.05) is 11.6 Å². The molecule has 10 heteroatoms. The minimum absolute atomic E-state index is 0.100. The lowest BCUT2D eigenvalue weighted by atomic mass is 10.0. The third-order valence-corrected chi connectivity index (χ3v) is 5.68. The zero-order valence-electron chi connectivity index (χ0n) is 19.5. The number of ether oxygens (including phenoxy) is 2. The average molecular weight is 487 g/mol. The highest BCUT2D eigenvalue weighted by atomic mass is 35.5. The summed E-state index contributed by atoms with van der Waals surface area (Å²) < 4.78 is 13.4. The molecule has 1 N–H and O–H groups in total. The summed E-state index contributed by atoms with van der Waals surface area (Å²) >= 11 is 6.38. The van der Waals surface area contributed by atoms with E-state index in [1.165, 1.54) is 23.1 Å². The van der Waals surface area contributed by atoms with E-state index < -0.39 is 11.6 Å². The van der Waals surface area contributed by atoms with E-state index in [1.54, 1.807) is 17.0 Å². The highest BCUT2D eigenvalue weighted by Crippen LogP contribution is 2.38. The van der Waals surface area contributed by atoms with Gasteiger partial charge in [0.15, 0.2) is 0 Å². The van der Waals surface area contributed by atoms with Gasteiger partial charge in [0.25, 0.3) is 0 Å². The first kappa shape index (κ1) is 23.8. The van der Waals surface area contributed by atoms with Gasteiger partial charge in [0.05, 0.1) is 17.6 Å². The van der Waals surface area contributed by atoms with Crippen LogP contribution in [-0.4, -0.2) is 61.5 Å². The topological polar surface area (TPSA) is 106 Å². The van der Waals surface area contributed by atoms with Crippen molar-refractivity contribution in [3.05, 3.63) is 46.9 Å². The number of likely N-dealkylation sites (tertiary alicyclic amines) is 1. The summed E-state index contributed by atoms with van der Waals surface area (Å²) in [6.07, 6.45) is 3.73. The number of nitrogens with zero attached hydrogens (tertiary/aromatic N) is 4. The molecule has 2 aromatic heterocycles. The van der Waals surface area contributed by atoms with Crippen LogP contribution in [0.5, 0.6) is 5.75 Å². The number of piperidine rings is 1. The molecule has 1 aliphatic rings. The molecule has 0 spiro atoms. The lowest BCUT2D eigenvalue weighted by Gasteiger charge is -2.34. The minimum atomic E-state index is -1.06. The molecule has 0 saturated carbocycles. The van der Waals surface area contributed by atoms with Crippen LogP contribution in [0.4, 0.5) is 4.79 Å². The third-order valence-electron chi connectivity index (χ3n) is 5.46. The zero-order valence-corrected chi connectivity index (χ0v) is 20.3. The maximum atomic E-state index is 12.6. The van der Waals surface area contributed by atoms with Crippen molar-refractivity contribution in [3.63, 3.8) is 0 Å². The fraction of sp³-hybridized carbons (Fsp3) is 0.417. The lowest BCUT2D eigenvalue weighted by Crippen LogP contribution is -2.46.